The molecule has 0 unspecified atom stereocenters. The summed E-state index contributed by atoms with van der Waals surface area (Å²) in [6.07, 6.45) is 4.77. The normalized spacial score (nSPS) is 26.4. The lowest BCUT2D eigenvalue weighted by molar-refractivity contribution is -0.688. The van der Waals surface area contributed by atoms with E-state index in [0.29, 0.717) is 12.1 Å². The van der Waals surface area contributed by atoms with Gasteiger partial charge < -0.3 is 20.2 Å². The van der Waals surface area contributed by atoms with E-state index in [1.807, 2.05) is 34.6 Å². The van der Waals surface area contributed by atoms with Crippen LogP contribution >= 0.6 is 11.3 Å². The van der Waals surface area contributed by atoms with Crippen molar-refractivity contribution >= 4 is 28.0 Å². The molecule has 8 nitrogen and oxygen atoms in total. The number of imidazole rings is 1. The summed E-state index contributed by atoms with van der Waals surface area (Å²) in [6.45, 7) is 3.82. The van der Waals surface area contributed by atoms with Gasteiger partial charge in [-0.1, -0.05) is 18.3 Å². The third-order valence-corrected chi connectivity index (χ3v) is 6.37. The molecule has 0 aliphatic carbocycles. The average Bonchev–Trinajstić information content (AvgIpc) is 3.17. The molecule has 3 N–H and O–H groups in total. The summed E-state index contributed by atoms with van der Waals surface area (Å²) in [5.41, 5.74) is 0.729. The van der Waals surface area contributed by atoms with Crippen LogP contribution in [0.2, 0.25) is 0 Å². The number of amides is 1. The number of β-lactam (4-membered cyclic amide) rings is 1. The van der Waals surface area contributed by atoms with Crippen LogP contribution in [0.3, 0.4) is 0 Å². The lowest BCUT2D eigenvalue weighted by atomic mass is 9.78. The second-order valence-electron chi connectivity index (χ2n) is 6.95. The molecule has 2 aliphatic rings. The Morgan fingerprint density at radius 3 is 2.77 bits per heavy atom. The van der Waals surface area contributed by atoms with Gasteiger partial charge in [-0.15, -0.1) is 0 Å². The summed E-state index contributed by atoms with van der Waals surface area (Å²) in [6, 6.07) is -0.297. The number of hydrogen-bond donors (Lipinski definition) is 3. The molecule has 1 fully saturated rings. The number of nitrogens with zero attached hydrogens (tertiary/aromatic N) is 3. The van der Waals surface area contributed by atoms with Gasteiger partial charge >= 0.3 is 5.97 Å². The Balaban J connectivity index is 1.68. The number of aliphatic hydroxyl groups is 2. The van der Waals surface area contributed by atoms with E-state index in [0.717, 1.165) is 9.71 Å². The number of hydrogen-bond acceptors (Lipinski definition) is 5. The first-order valence-corrected chi connectivity index (χ1v) is 9.23. The van der Waals surface area contributed by atoms with Gasteiger partial charge in [-0.2, -0.15) is 4.40 Å². The molecule has 9 heteroatoms. The molecule has 4 atom stereocenters. The van der Waals surface area contributed by atoms with Crippen LogP contribution in [-0.4, -0.2) is 48.6 Å². The zero-order valence-corrected chi connectivity index (χ0v) is 15.2. The maximum Gasteiger partial charge on any atom is 0.352 e. The van der Waals surface area contributed by atoms with Gasteiger partial charge in [0, 0.05) is 11.5 Å². The van der Waals surface area contributed by atoms with Gasteiger partial charge in [0.1, 0.15) is 24.6 Å². The van der Waals surface area contributed by atoms with Gasteiger partial charge in [-0.3, -0.25) is 4.79 Å². The molecule has 1 amide bonds. The van der Waals surface area contributed by atoms with Crippen LogP contribution in [0.15, 0.2) is 30.0 Å². The van der Waals surface area contributed by atoms with Crippen LogP contribution < -0.4 is 4.57 Å². The van der Waals surface area contributed by atoms with Crippen LogP contribution in [0.5, 0.6) is 0 Å². The van der Waals surface area contributed by atoms with Crippen molar-refractivity contribution < 1.29 is 29.5 Å². The van der Waals surface area contributed by atoms with E-state index in [1.165, 1.54) is 16.2 Å². The number of fused-ring (bicyclic) bond motifs is 2. The van der Waals surface area contributed by atoms with Gasteiger partial charge in [0.15, 0.2) is 0 Å². The SMILES string of the molecule is C[C@@H](O)[C@H]1C(=O)N2C(C(=O)O)=C(C[n+]3cc4sc(CO)cn4c3)[C@H](C)[C@H]12. The molecule has 0 aromatic carbocycles. The molecule has 4 heterocycles. The monoisotopic (exact) mass is 378 g/mol. The van der Waals surface area contributed by atoms with E-state index in [1.54, 1.807) is 6.92 Å². The van der Waals surface area contributed by atoms with E-state index in [9.17, 15) is 24.9 Å². The number of rotatable bonds is 5. The molecule has 26 heavy (non-hydrogen) atoms. The van der Waals surface area contributed by atoms with Crippen LogP contribution in [0.25, 0.3) is 4.83 Å². The Morgan fingerprint density at radius 2 is 2.19 bits per heavy atom. The van der Waals surface area contributed by atoms with Crippen molar-refractivity contribution in [3.05, 3.63) is 34.9 Å². The van der Waals surface area contributed by atoms with Crippen LogP contribution in [0, 0.1) is 11.8 Å². The minimum Gasteiger partial charge on any atom is -0.477 e. The standard InChI is InChI=1S/C17H19N3O5S/c1-8-11(4-18-5-12-19(7-18)3-10(6-21)26-12)15(17(24)25)20-14(8)13(9(2)22)16(20)23/h3,5,7-9,13-14,21-22H,4,6H2,1-2H3/p+1/t8-,9+,13+,14+/m0/s1. The van der Waals surface area contributed by atoms with Gasteiger partial charge in [-0.25, -0.2) is 9.36 Å². The highest BCUT2D eigenvalue weighted by atomic mass is 32.1. The fraction of sp³-hybridized carbons (Fsp3) is 0.471. The summed E-state index contributed by atoms with van der Waals surface area (Å²) < 4.78 is 3.77. The summed E-state index contributed by atoms with van der Waals surface area (Å²) in [5, 5.41) is 28.7. The lowest BCUT2D eigenvalue weighted by Crippen LogP contribution is -2.63. The van der Waals surface area contributed by atoms with Crippen molar-refractivity contribution in [1.82, 2.24) is 9.30 Å². The molecule has 1 saturated heterocycles. The van der Waals surface area contributed by atoms with Crippen molar-refractivity contribution in [3.8, 4) is 0 Å². The maximum absolute atomic E-state index is 12.3. The Morgan fingerprint density at radius 1 is 1.46 bits per heavy atom. The third-order valence-electron chi connectivity index (χ3n) is 5.35. The Kier molecular flexibility index (Phi) is 3.90. The van der Waals surface area contributed by atoms with E-state index in [4.69, 9.17) is 0 Å². The van der Waals surface area contributed by atoms with E-state index in [-0.39, 0.29) is 30.2 Å². The van der Waals surface area contributed by atoms with Crippen LogP contribution in [-0.2, 0) is 22.7 Å². The van der Waals surface area contributed by atoms with E-state index in [2.05, 4.69) is 0 Å². The number of carboxylic acid groups (broad SMARTS) is 1. The van der Waals surface area contributed by atoms with Crippen molar-refractivity contribution in [3.63, 3.8) is 0 Å². The fourth-order valence-electron chi connectivity index (χ4n) is 4.16. The summed E-state index contributed by atoms with van der Waals surface area (Å²) in [7, 11) is 0. The van der Waals surface area contributed by atoms with Crippen molar-refractivity contribution in [1.29, 1.82) is 0 Å². The fourth-order valence-corrected chi connectivity index (χ4v) is 5.05. The predicted molar refractivity (Wildman–Crippen MR) is 91.0 cm³/mol. The maximum atomic E-state index is 12.3. The molecule has 0 saturated carbocycles. The van der Waals surface area contributed by atoms with Crippen molar-refractivity contribution in [2.24, 2.45) is 11.8 Å². The Labute approximate surface area is 153 Å². The van der Waals surface area contributed by atoms with Gasteiger partial charge in [0.2, 0.25) is 17.1 Å². The summed E-state index contributed by atoms with van der Waals surface area (Å²) in [4.78, 5) is 27.3. The Bertz CT molecular complexity index is 912. The largest absolute Gasteiger partial charge is 0.477 e. The molecule has 2 aromatic rings. The summed E-state index contributed by atoms with van der Waals surface area (Å²) in [5.74, 6) is -2.13. The zero-order valence-electron chi connectivity index (χ0n) is 14.4. The second kappa shape index (κ2) is 5.90. The minimum atomic E-state index is -1.11. The molecular formula is C17H20N3O5S+. The molecule has 2 aliphatic heterocycles. The quantitative estimate of drug-likeness (QED) is 0.501. The second-order valence-corrected chi connectivity index (χ2v) is 8.10. The first-order chi connectivity index (χ1) is 12.3. The molecule has 0 radical (unpaired) electrons. The summed E-state index contributed by atoms with van der Waals surface area (Å²) >= 11 is 1.46. The highest BCUT2D eigenvalue weighted by molar-refractivity contribution is 7.17. The lowest BCUT2D eigenvalue weighted by Gasteiger charge is -2.46. The minimum absolute atomic E-state index is 0.0167. The topological polar surface area (TPSA) is 106 Å². The van der Waals surface area contributed by atoms with Crippen molar-refractivity contribution in [2.45, 2.75) is 39.1 Å². The number of thiazole rings is 1. The Hall–Kier alpha value is -2.23. The van der Waals surface area contributed by atoms with Crippen LogP contribution in [0.4, 0.5) is 0 Å². The zero-order chi connectivity index (χ0) is 18.7. The van der Waals surface area contributed by atoms with Gasteiger partial charge in [-0.05, 0) is 6.92 Å². The van der Waals surface area contributed by atoms with Gasteiger partial charge in [0.05, 0.1) is 29.5 Å². The molecule has 0 bridgehead atoms. The van der Waals surface area contributed by atoms with E-state index >= 15 is 0 Å². The number of carboxylic acids is 1. The third kappa shape index (κ3) is 2.31. The molecule has 138 valence electrons. The highest BCUT2D eigenvalue weighted by Gasteiger charge is 2.60. The molecule has 2 aromatic heterocycles. The van der Waals surface area contributed by atoms with Gasteiger partial charge in [0.25, 0.3) is 0 Å². The predicted octanol–water partition coefficient (Wildman–Crippen LogP) is -0.0232. The molecule has 0 spiro atoms. The average molecular weight is 378 g/mol. The number of aliphatic hydroxyl groups excluding tert-OH is 2. The molecular weight excluding hydrogens is 358 g/mol. The number of carbonyl (C=O) groups is 2. The van der Waals surface area contributed by atoms with Crippen LogP contribution in [0.1, 0.15) is 18.7 Å². The first-order valence-electron chi connectivity index (χ1n) is 8.41. The highest BCUT2D eigenvalue weighted by Crippen LogP contribution is 2.47. The molecule has 4 rings (SSSR count). The van der Waals surface area contributed by atoms with E-state index < -0.39 is 18.0 Å². The first kappa shape index (κ1) is 17.2. The number of aromatic nitrogens is 2. The number of aliphatic carboxylic acids is 1. The smallest absolute Gasteiger partial charge is 0.352 e. The number of carbonyl (C=O) groups excluding carboxylic acids is 1. The van der Waals surface area contributed by atoms with Crippen molar-refractivity contribution in [2.75, 3.05) is 0 Å².